The molecule has 0 aliphatic carbocycles. The Morgan fingerprint density at radius 2 is 1.96 bits per heavy atom. The first-order valence-electron chi connectivity index (χ1n) is 8.73. The predicted molar refractivity (Wildman–Crippen MR) is 94.9 cm³/mol. The van der Waals surface area contributed by atoms with Gasteiger partial charge in [0.15, 0.2) is 5.82 Å². The summed E-state index contributed by atoms with van der Waals surface area (Å²) in [4.78, 5) is 11.0. The topological polar surface area (TPSA) is 72.7 Å². The van der Waals surface area contributed by atoms with Crippen LogP contribution in [-0.2, 0) is 4.74 Å². The van der Waals surface area contributed by atoms with Gasteiger partial charge in [-0.05, 0) is 32.9 Å². The Morgan fingerprint density at radius 1 is 1.20 bits per heavy atom. The molecule has 0 aromatic carbocycles. The Hall–Kier alpha value is -2.12. The number of hydrogen-bond donors (Lipinski definition) is 1. The van der Waals surface area contributed by atoms with Gasteiger partial charge in [0, 0.05) is 32.0 Å². The van der Waals surface area contributed by atoms with Crippen LogP contribution in [0.3, 0.4) is 0 Å². The summed E-state index contributed by atoms with van der Waals surface area (Å²) < 4.78 is 17.1. The zero-order valence-corrected chi connectivity index (χ0v) is 15.1. The van der Waals surface area contributed by atoms with Gasteiger partial charge < -0.3 is 19.2 Å². The molecule has 1 saturated heterocycles. The van der Waals surface area contributed by atoms with Crippen LogP contribution in [0.2, 0.25) is 0 Å². The van der Waals surface area contributed by atoms with Gasteiger partial charge in [0.05, 0.1) is 25.4 Å². The quantitative estimate of drug-likeness (QED) is 0.826. The van der Waals surface area contributed by atoms with Crippen LogP contribution < -0.4 is 10.1 Å². The fourth-order valence-corrected chi connectivity index (χ4v) is 2.88. The van der Waals surface area contributed by atoms with Crippen molar-refractivity contribution in [3.05, 3.63) is 36.0 Å². The van der Waals surface area contributed by atoms with E-state index in [2.05, 4.69) is 20.2 Å². The van der Waals surface area contributed by atoms with Crippen LogP contribution in [0.15, 0.2) is 28.9 Å². The molecule has 0 radical (unpaired) electrons. The molecule has 1 fully saturated rings. The molecule has 7 nitrogen and oxygen atoms in total. The average Bonchev–Trinajstić information content (AvgIpc) is 3.03. The highest BCUT2D eigenvalue weighted by Crippen LogP contribution is 2.26. The SMILES string of the molecule is Cc1ccc([C@@H](CNc2nccnc2OC(C)C)N2CCOCC2)o1. The summed E-state index contributed by atoms with van der Waals surface area (Å²) in [5, 5.41) is 3.38. The molecule has 0 amide bonds. The van der Waals surface area contributed by atoms with E-state index in [0.717, 1.165) is 37.8 Å². The van der Waals surface area contributed by atoms with Gasteiger partial charge in [-0.15, -0.1) is 0 Å². The summed E-state index contributed by atoms with van der Waals surface area (Å²) >= 11 is 0. The number of ether oxygens (including phenoxy) is 2. The number of furan rings is 1. The van der Waals surface area contributed by atoms with Gasteiger partial charge in [0.2, 0.25) is 0 Å². The van der Waals surface area contributed by atoms with Gasteiger partial charge in [0.25, 0.3) is 5.88 Å². The van der Waals surface area contributed by atoms with Gasteiger partial charge >= 0.3 is 0 Å². The van der Waals surface area contributed by atoms with Crippen LogP contribution in [-0.4, -0.2) is 53.8 Å². The van der Waals surface area contributed by atoms with E-state index in [1.165, 1.54) is 0 Å². The second kappa shape index (κ2) is 8.31. The normalized spacial score (nSPS) is 16.8. The highest BCUT2D eigenvalue weighted by atomic mass is 16.5. The molecule has 3 heterocycles. The summed E-state index contributed by atoms with van der Waals surface area (Å²) in [6.07, 6.45) is 3.34. The fraction of sp³-hybridized carbons (Fsp3) is 0.556. The second-order valence-corrected chi connectivity index (χ2v) is 6.37. The number of nitrogens with one attached hydrogen (secondary N) is 1. The van der Waals surface area contributed by atoms with Crippen molar-refractivity contribution in [2.24, 2.45) is 0 Å². The molecule has 1 atom stereocenters. The number of nitrogens with zero attached hydrogens (tertiary/aromatic N) is 3. The average molecular weight is 346 g/mol. The van der Waals surface area contributed by atoms with Crippen LogP contribution >= 0.6 is 0 Å². The predicted octanol–water partition coefficient (Wildman–Crippen LogP) is 2.65. The third-order valence-electron chi connectivity index (χ3n) is 4.05. The number of aromatic nitrogens is 2. The summed E-state index contributed by atoms with van der Waals surface area (Å²) in [7, 11) is 0. The first-order valence-corrected chi connectivity index (χ1v) is 8.73. The zero-order valence-electron chi connectivity index (χ0n) is 15.1. The van der Waals surface area contributed by atoms with Crippen LogP contribution in [0, 0.1) is 6.92 Å². The lowest BCUT2D eigenvalue weighted by molar-refractivity contribution is 0.0143. The van der Waals surface area contributed by atoms with E-state index in [0.29, 0.717) is 18.2 Å². The number of aryl methyl sites for hydroxylation is 1. The molecular formula is C18H26N4O3. The monoisotopic (exact) mass is 346 g/mol. The molecule has 3 rings (SSSR count). The lowest BCUT2D eigenvalue weighted by atomic mass is 10.1. The zero-order chi connectivity index (χ0) is 17.6. The smallest absolute Gasteiger partial charge is 0.257 e. The summed E-state index contributed by atoms with van der Waals surface area (Å²) in [5.41, 5.74) is 0. The highest BCUT2D eigenvalue weighted by Gasteiger charge is 2.25. The second-order valence-electron chi connectivity index (χ2n) is 6.37. The molecule has 0 bridgehead atoms. The largest absolute Gasteiger partial charge is 0.472 e. The van der Waals surface area contributed by atoms with E-state index >= 15 is 0 Å². The summed E-state index contributed by atoms with van der Waals surface area (Å²) in [6, 6.07) is 4.14. The first kappa shape index (κ1) is 17.7. The Balaban J connectivity index is 1.74. The molecule has 0 saturated carbocycles. The molecule has 7 heteroatoms. The summed E-state index contributed by atoms with van der Waals surface area (Å²) in [5.74, 6) is 3.03. The van der Waals surface area contributed by atoms with E-state index < -0.39 is 0 Å². The molecule has 136 valence electrons. The maximum absolute atomic E-state index is 5.89. The minimum absolute atomic E-state index is 0.0417. The van der Waals surface area contributed by atoms with E-state index in [9.17, 15) is 0 Å². The molecule has 0 spiro atoms. The maximum Gasteiger partial charge on any atom is 0.257 e. The van der Waals surface area contributed by atoms with E-state index in [-0.39, 0.29) is 12.1 Å². The van der Waals surface area contributed by atoms with Crippen LogP contribution in [0.25, 0.3) is 0 Å². The molecule has 0 unspecified atom stereocenters. The summed E-state index contributed by atoms with van der Waals surface area (Å²) in [6.45, 7) is 9.79. The van der Waals surface area contributed by atoms with E-state index in [1.54, 1.807) is 12.4 Å². The number of hydrogen-bond acceptors (Lipinski definition) is 7. The van der Waals surface area contributed by atoms with Gasteiger partial charge in [0.1, 0.15) is 11.5 Å². The number of rotatable bonds is 7. The van der Waals surface area contributed by atoms with Crippen molar-refractivity contribution in [2.75, 3.05) is 38.2 Å². The third-order valence-corrected chi connectivity index (χ3v) is 4.05. The van der Waals surface area contributed by atoms with Crippen molar-refractivity contribution in [3.8, 4) is 5.88 Å². The molecule has 1 aliphatic heterocycles. The number of morpholine rings is 1. The van der Waals surface area contributed by atoms with Crippen LogP contribution in [0.1, 0.15) is 31.4 Å². The van der Waals surface area contributed by atoms with Crippen molar-refractivity contribution in [1.82, 2.24) is 14.9 Å². The molecule has 2 aromatic rings. The maximum atomic E-state index is 5.89. The molecule has 1 N–H and O–H groups in total. The highest BCUT2D eigenvalue weighted by molar-refractivity contribution is 5.45. The minimum Gasteiger partial charge on any atom is -0.472 e. The van der Waals surface area contributed by atoms with Crippen molar-refractivity contribution in [3.63, 3.8) is 0 Å². The van der Waals surface area contributed by atoms with Gasteiger partial charge in [-0.1, -0.05) is 0 Å². The Kier molecular flexibility index (Phi) is 5.88. The van der Waals surface area contributed by atoms with Crippen molar-refractivity contribution in [2.45, 2.75) is 32.9 Å². The Morgan fingerprint density at radius 3 is 2.64 bits per heavy atom. The molecule has 25 heavy (non-hydrogen) atoms. The lowest BCUT2D eigenvalue weighted by Gasteiger charge is -2.33. The number of anilines is 1. The lowest BCUT2D eigenvalue weighted by Crippen LogP contribution is -2.41. The molecule has 2 aromatic heterocycles. The minimum atomic E-state index is 0.0417. The van der Waals surface area contributed by atoms with Crippen LogP contribution in [0.4, 0.5) is 5.82 Å². The Labute approximate surface area is 148 Å². The van der Waals surface area contributed by atoms with Crippen LogP contribution in [0.5, 0.6) is 5.88 Å². The van der Waals surface area contributed by atoms with Crippen molar-refractivity contribution >= 4 is 5.82 Å². The first-order chi connectivity index (χ1) is 12.1. The van der Waals surface area contributed by atoms with E-state index in [4.69, 9.17) is 13.9 Å². The molecule has 1 aliphatic rings. The Bertz CT molecular complexity index is 668. The standard InChI is InChI=1S/C18H26N4O3/c1-13(2)24-18-17(19-6-7-20-18)21-12-15(16-5-4-14(3)25-16)22-8-10-23-11-9-22/h4-7,13,15H,8-12H2,1-3H3,(H,19,21)/t15-/m1/s1. The van der Waals surface area contributed by atoms with Crippen molar-refractivity contribution < 1.29 is 13.9 Å². The van der Waals surface area contributed by atoms with Crippen molar-refractivity contribution in [1.29, 1.82) is 0 Å². The fourth-order valence-electron chi connectivity index (χ4n) is 2.88. The van der Waals surface area contributed by atoms with E-state index in [1.807, 2.05) is 32.9 Å². The van der Waals surface area contributed by atoms with Gasteiger partial charge in [-0.25, -0.2) is 9.97 Å². The van der Waals surface area contributed by atoms with Gasteiger partial charge in [-0.2, -0.15) is 0 Å². The van der Waals surface area contributed by atoms with Gasteiger partial charge in [-0.3, -0.25) is 4.90 Å². The molecular weight excluding hydrogens is 320 g/mol. The third kappa shape index (κ3) is 4.70.